The summed E-state index contributed by atoms with van der Waals surface area (Å²) in [5.74, 6) is 1.81. The van der Waals surface area contributed by atoms with E-state index in [0.717, 1.165) is 34.6 Å². The van der Waals surface area contributed by atoms with Gasteiger partial charge in [-0.05, 0) is 28.1 Å². The average Bonchev–Trinajstić information content (AvgIpc) is 3.05. The van der Waals surface area contributed by atoms with Gasteiger partial charge < -0.3 is 10.1 Å². The average molecular weight is 352 g/mol. The van der Waals surface area contributed by atoms with Crippen LogP contribution in [0.4, 0.5) is 0 Å². The van der Waals surface area contributed by atoms with Crippen LogP contribution in [0.15, 0.2) is 16.6 Å². The number of fused-ring (bicyclic) bond motifs is 1. The molecule has 112 valence electrons. The first-order valence-electron chi connectivity index (χ1n) is 7.06. The van der Waals surface area contributed by atoms with Crippen LogP contribution in [0.3, 0.4) is 0 Å². The molecule has 21 heavy (non-hydrogen) atoms. The fourth-order valence-corrected chi connectivity index (χ4v) is 2.95. The number of rotatable bonds is 5. The summed E-state index contributed by atoms with van der Waals surface area (Å²) < 4.78 is 8.64. The second-order valence-electron chi connectivity index (χ2n) is 5.44. The molecule has 0 fully saturated rings. The summed E-state index contributed by atoms with van der Waals surface area (Å²) in [6.07, 6.45) is 0.957. The Morgan fingerprint density at radius 2 is 2.29 bits per heavy atom. The van der Waals surface area contributed by atoms with Crippen molar-refractivity contribution in [3.8, 4) is 5.75 Å². The van der Waals surface area contributed by atoms with Crippen molar-refractivity contribution in [2.75, 3.05) is 6.61 Å². The minimum atomic E-state index is 0.397. The SMILES string of the molecule is CC(C)NCc1nnnn1Cc1cc(Br)cc2c1OCC2. The molecule has 0 unspecified atom stereocenters. The molecule has 1 aromatic carbocycles. The molecular formula is C14H18BrN5O. The van der Waals surface area contributed by atoms with Gasteiger partial charge in [0.2, 0.25) is 0 Å². The van der Waals surface area contributed by atoms with Gasteiger partial charge in [0, 0.05) is 22.5 Å². The van der Waals surface area contributed by atoms with Gasteiger partial charge in [0.25, 0.3) is 0 Å². The molecule has 7 heteroatoms. The van der Waals surface area contributed by atoms with Crippen molar-refractivity contribution < 1.29 is 4.74 Å². The highest BCUT2D eigenvalue weighted by atomic mass is 79.9. The van der Waals surface area contributed by atoms with Crippen LogP contribution < -0.4 is 10.1 Å². The lowest BCUT2D eigenvalue weighted by atomic mass is 10.1. The lowest BCUT2D eigenvalue weighted by molar-refractivity contribution is 0.351. The van der Waals surface area contributed by atoms with E-state index in [4.69, 9.17) is 4.74 Å². The Morgan fingerprint density at radius 1 is 1.43 bits per heavy atom. The topological polar surface area (TPSA) is 64.9 Å². The monoisotopic (exact) mass is 351 g/mol. The first-order chi connectivity index (χ1) is 10.1. The molecule has 0 atom stereocenters. The van der Waals surface area contributed by atoms with Gasteiger partial charge in [0.05, 0.1) is 19.7 Å². The predicted octanol–water partition coefficient (Wildman–Crippen LogP) is 1.92. The van der Waals surface area contributed by atoms with Gasteiger partial charge in [-0.2, -0.15) is 0 Å². The zero-order valence-electron chi connectivity index (χ0n) is 12.1. The fourth-order valence-electron chi connectivity index (χ4n) is 2.39. The van der Waals surface area contributed by atoms with Crippen LogP contribution >= 0.6 is 15.9 Å². The highest BCUT2D eigenvalue weighted by molar-refractivity contribution is 9.10. The van der Waals surface area contributed by atoms with Crippen molar-refractivity contribution in [3.05, 3.63) is 33.6 Å². The fraction of sp³-hybridized carbons (Fsp3) is 0.500. The van der Waals surface area contributed by atoms with Crippen molar-refractivity contribution in [2.24, 2.45) is 0 Å². The number of benzene rings is 1. The molecule has 0 amide bonds. The maximum atomic E-state index is 5.75. The van der Waals surface area contributed by atoms with Gasteiger partial charge in [0.1, 0.15) is 5.75 Å². The largest absolute Gasteiger partial charge is 0.493 e. The third-order valence-electron chi connectivity index (χ3n) is 3.42. The summed E-state index contributed by atoms with van der Waals surface area (Å²) >= 11 is 3.56. The van der Waals surface area contributed by atoms with Gasteiger partial charge in [-0.1, -0.05) is 29.8 Å². The van der Waals surface area contributed by atoms with Crippen molar-refractivity contribution in [1.82, 2.24) is 25.5 Å². The summed E-state index contributed by atoms with van der Waals surface area (Å²) in [4.78, 5) is 0. The predicted molar refractivity (Wildman–Crippen MR) is 82.2 cm³/mol. The first-order valence-corrected chi connectivity index (χ1v) is 7.85. The summed E-state index contributed by atoms with van der Waals surface area (Å²) in [6, 6.07) is 4.59. The minimum Gasteiger partial charge on any atom is -0.493 e. The molecule has 1 N–H and O–H groups in total. The molecular weight excluding hydrogens is 334 g/mol. The minimum absolute atomic E-state index is 0.397. The Balaban J connectivity index is 1.83. The zero-order valence-corrected chi connectivity index (χ0v) is 13.7. The Kier molecular flexibility index (Phi) is 4.21. The van der Waals surface area contributed by atoms with Crippen LogP contribution in [0.5, 0.6) is 5.75 Å². The Bertz CT molecular complexity index is 640. The number of ether oxygens (including phenoxy) is 1. The van der Waals surface area contributed by atoms with Gasteiger partial charge >= 0.3 is 0 Å². The van der Waals surface area contributed by atoms with E-state index >= 15 is 0 Å². The molecule has 0 aliphatic carbocycles. The van der Waals surface area contributed by atoms with Crippen LogP contribution in [0.1, 0.15) is 30.8 Å². The Morgan fingerprint density at radius 3 is 3.10 bits per heavy atom. The second-order valence-corrected chi connectivity index (χ2v) is 6.36. The molecule has 0 radical (unpaired) electrons. The summed E-state index contributed by atoms with van der Waals surface area (Å²) in [5.41, 5.74) is 2.35. The highest BCUT2D eigenvalue weighted by Crippen LogP contribution is 2.33. The molecule has 0 saturated heterocycles. The molecule has 2 heterocycles. The van der Waals surface area contributed by atoms with E-state index in [-0.39, 0.29) is 0 Å². The maximum Gasteiger partial charge on any atom is 0.165 e. The maximum absolute atomic E-state index is 5.75. The van der Waals surface area contributed by atoms with Crippen LogP contribution in [0.2, 0.25) is 0 Å². The number of hydrogen-bond donors (Lipinski definition) is 1. The van der Waals surface area contributed by atoms with Crippen LogP contribution in [0.25, 0.3) is 0 Å². The van der Waals surface area contributed by atoms with Gasteiger partial charge in [0.15, 0.2) is 5.82 Å². The molecule has 0 bridgehead atoms. The smallest absolute Gasteiger partial charge is 0.165 e. The molecule has 1 aliphatic rings. The van der Waals surface area contributed by atoms with Crippen molar-refractivity contribution in [3.63, 3.8) is 0 Å². The first kappa shape index (κ1) is 14.5. The number of aromatic nitrogens is 4. The molecule has 0 saturated carbocycles. The van der Waals surface area contributed by atoms with Gasteiger partial charge in [-0.15, -0.1) is 5.10 Å². The lowest BCUT2D eigenvalue weighted by Crippen LogP contribution is -2.24. The molecule has 1 aliphatic heterocycles. The summed E-state index contributed by atoms with van der Waals surface area (Å²) in [6.45, 7) is 6.22. The van der Waals surface area contributed by atoms with E-state index in [1.807, 2.05) is 4.68 Å². The van der Waals surface area contributed by atoms with E-state index in [2.05, 4.69) is 62.8 Å². The van der Waals surface area contributed by atoms with E-state index in [9.17, 15) is 0 Å². The van der Waals surface area contributed by atoms with Gasteiger partial charge in [-0.25, -0.2) is 4.68 Å². The Hall–Kier alpha value is -1.47. The molecule has 1 aromatic heterocycles. The highest BCUT2D eigenvalue weighted by Gasteiger charge is 2.19. The standard InChI is InChI=1S/C14H18BrN5O/c1-9(2)16-7-13-17-18-19-20(13)8-11-6-12(15)5-10-3-4-21-14(10)11/h5-6,9,16H,3-4,7-8H2,1-2H3. The Labute approximate surface area is 132 Å². The van der Waals surface area contributed by atoms with Crippen molar-refractivity contribution >= 4 is 15.9 Å². The number of nitrogens with zero attached hydrogens (tertiary/aromatic N) is 4. The van der Waals surface area contributed by atoms with E-state index in [1.165, 1.54) is 5.56 Å². The molecule has 0 spiro atoms. The number of nitrogens with one attached hydrogen (secondary N) is 1. The lowest BCUT2D eigenvalue weighted by Gasteiger charge is -2.11. The van der Waals surface area contributed by atoms with Crippen molar-refractivity contribution in [2.45, 2.75) is 39.4 Å². The third kappa shape index (κ3) is 3.24. The quantitative estimate of drug-likeness (QED) is 0.891. The number of halogens is 1. The van der Waals surface area contributed by atoms with E-state index < -0.39 is 0 Å². The van der Waals surface area contributed by atoms with E-state index in [0.29, 0.717) is 19.1 Å². The summed E-state index contributed by atoms with van der Waals surface area (Å²) in [7, 11) is 0. The molecule has 2 aromatic rings. The van der Waals surface area contributed by atoms with Crippen LogP contribution in [0, 0.1) is 0 Å². The van der Waals surface area contributed by atoms with Crippen molar-refractivity contribution in [1.29, 1.82) is 0 Å². The third-order valence-corrected chi connectivity index (χ3v) is 3.88. The number of hydrogen-bond acceptors (Lipinski definition) is 5. The second kappa shape index (κ2) is 6.11. The normalized spacial score (nSPS) is 13.5. The van der Waals surface area contributed by atoms with E-state index in [1.54, 1.807) is 0 Å². The van der Waals surface area contributed by atoms with Crippen LogP contribution in [-0.4, -0.2) is 32.9 Å². The molecule has 6 nitrogen and oxygen atoms in total. The molecule has 3 rings (SSSR count). The number of tetrazole rings is 1. The van der Waals surface area contributed by atoms with Gasteiger partial charge in [-0.3, -0.25) is 0 Å². The zero-order chi connectivity index (χ0) is 14.8. The summed E-state index contributed by atoms with van der Waals surface area (Å²) in [5, 5.41) is 15.3. The van der Waals surface area contributed by atoms with Crippen LogP contribution in [-0.2, 0) is 19.5 Å².